The van der Waals surface area contributed by atoms with E-state index in [0.29, 0.717) is 48.8 Å². The average molecular weight is 552 g/mol. The highest BCUT2D eigenvalue weighted by Gasteiger charge is 2.45. The maximum atomic E-state index is 13.8. The summed E-state index contributed by atoms with van der Waals surface area (Å²) in [5.41, 5.74) is 2.71. The van der Waals surface area contributed by atoms with Crippen LogP contribution in [-0.4, -0.2) is 72.5 Å². The molecule has 1 aliphatic heterocycles. The van der Waals surface area contributed by atoms with Crippen molar-refractivity contribution in [1.82, 2.24) is 24.4 Å². The minimum absolute atomic E-state index is 0.0193. The zero-order valence-electron chi connectivity index (χ0n) is 22.9. The van der Waals surface area contributed by atoms with E-state index in [1.54, 1.807) is 20.5 Å². The topological polar surface area (TPSA) is 108 Å². The SMILES string of the molecule is CC(C)(C)c1cc(-c2ccc(Cl)cc2)nn2cc(C(=O)N3CCN(C(=O)[C@H]4C[C@H](C(=O)O)C4)CC3(C)C)nc12. The van der Waals surface area contributed by atoms with Gasteiger partial charge in [-0.2, -0.15) is 5.10 Å². The molecular formula is C29H34ClN5O4. The molecular weight excluding hydrogens is 518 g/mol. The van der Waals surface area contributed by atoms with Crippen LogP contribution in [0.25, 0.3) is 16.9 Å². The number of nitrogens with zero attached hydrogens (tertiary/aromatic N) is 5. The zero-order valence-corrected chi connectivity index (χ0v) is 23.7. The predicted molar refractivity (Wildman–Crippen MR) is 148 cm³/mol. The summed E-state index contributed by atoms with van der Waals surface area (Å²) >= 11 is 6.08. The zero-order chi connectivity index (χ0) is 28.3. The number of carbonyl (C=O) groups is 3. The summed E-state index contributed by atoms with van der Waals surface area (Å²) < 4.78 is 1.68. The molecule has 39 heavy (non-hydrogen) atoms. The number of aromatic nitrogens is 3. The van der Waals surface area contributed by atoms with Crippen molar-refractivity contribution in [3.05, 3.63) is 52.8 Å². The van der Waals surface area contributed by atoms with Crippen molar-refractivity contribution in [1.29, 1.82) is 0 Å². The van der Waals surface area contributed by atoms with E-state index in [1.807, 2.05) is 44.2 Å². The van der Waals surface area contributed by atoms with Crippen LogP contribution in [0.3, 0.4) is 0 Å². The monoisotopic (exact) mass is 551 g/mol. The van der Waals surface area contributed by atoms with Crippen LogP contribution >= 0.6 is 11.6 Å². The highest BCUT2D eigenvalue weighted by Crippen LogP contribution is 2.37. The van der Waals surface area contributed by atoms with Gasteiger partial charge < -0.3 is 14.9 Å². The number of imidazole rings is 1. The van der Waals surface area contributed by atoms with Gasteiger partial charge in [-0.25, -0.2) is 9.50 Å². The lowest BCUT2D eigenvalue weighted by Gasteiger charge is -2.48. The Morgan fingerprint density at radius 2 is 1.72 bits per heavy atom. The molecule has 3 aromatic rings. The van der Waals surface area contributed by atoms with Gasteiger partial charge in [0, 0.05) is 41.7 Å². The van der Waals surface area contributed by atoms with Crippen LogP contribution in [0.15, 0.2) is 36.5 Å². The van der Waals surface area contributed by atoms with Gasteiger partial charge >= 0.3 is 5.97 Å². The van der Waals surface area contributed by atoms with E-state index in [4.69, 9.17) is 26.8 Å². The van der Waals surface area contributed by atoms with E-state index < -0.39 is 17.4 Å². The van der Waals surface area contributed by atoms with Crippen LogP contribution in [0.1, 0.15) is 63.5 Å². The molecule has 10 heteroatoms. The van der Waals surface area contributed by atoms with Gasteiger partial charge in [0.1, 0.15) is 5.69 Å². The second kappa shape index (κ2) is 9.62. The first-order valence-electron chi connectivity index (χ1n) is 13.2. The van der Waals surface area contributed by atoms with E-state index in [1.165, 1.54) is 0 Å². The molecule has 1 N–H and O–H groups in total. The molecule has 0 atom stereocenters. The molecule has 5 rings (SSSR count). The number of amides is 2. The summed E-state index contributed by atoms with van der Waals surface area (Å²) in [5.74, 6) is -1.75. The Kier molecular flexibility index (Phi) is 6.69. The number of halogens is 1. The number of rotatable bonds is 4. The molecule has 1 aliphatic carbocycles. The van der Waals surface area contributed by atoms with Crippen molar-refractivity contribution in [2.75, 3.05) is 19.6 Å². The van der Waals surface area contributed by atoms with E-state index in [0.717, 1.165) is 16.8 Å². The first kappa shape index (κ1) is 27.1. The van der Waals surface area contributed by atoms with Crippen LogP contribution < -0.4 is 0 Å². The fourth-order valence-electron chi connectivity index (χ4n) is 5.53. The van der Waals surface area contributed by atoms with E-state index in [-0.39, 0.29) is 23.1 Å². The van der Waals surface area contributed by atoms with Crippen LogP contribution in [0.2, 0.25) is 5.02 Å². The van der Waals surface area contributed by atoms with Gasteiger partial charge in [0.25, 0.3) is 5.91 Å². The predicted octanol–water partition coefficient (Wildman–Crippen LogP) is 4.52. The van der Waals surface area contributed by atoms with Gasteiger partial charge in [-0.05, 0) is 50.3 Å². The Bertz CT molecular complexity index is 1450. The summed E-state index contributed by atoms with van der Waals surface area (Å²) in [6, 6.07) is 9.50. The van der Waals surface area contributed by atoms with E-state index in [9.17, 15) is 14.4 Å². The quantitative estimate of drug-likeness (QED) is 0.511. The lowest BCUT2D eigenvalue weighted by atomic mass is 9.74. The summed E-state index contributed by atoms with van der Waals surface area (Å²) in [7, 11) is 0. The highest BCUT2D eigenvalue weighted by molar-refractivity contribution is 6.30. The molecule has 0 spiro atoms. The Balaban J connectivity index is 1.40. The first-order chi connectivity index (χ1) is 18.2. The van der Waals surface area contributed by atoms with Gasteiger partial charge in [-0.1, -0.05) is 44.5 Å². The largest absolute Gasteiger partial charge is 0.481 e. The van der Waals surface area contributed by atoms with Crippen LogP contribution in [0.5, 0.6) is 0 Å². The van der Waals surface area contributed by atoms with Crippen LogP contribution in [0.4, 0.5) is 0 Å². The lowest BCUT2D eigenvalue weighted by Crippen LogP contribution is -2.63. The van der Waals surface area contributed by atoms with Crippen molar-refractivity contribution in [2.45, 2.75) is 58.4 Å². The van der Waals surface area contributed by atoms with Crippen molar-refractivity contribution in [3.8, 4) is 11.3 Å². The van der Waals surface area contributed by atoms with Gasteiger partial charge in [-0.3, -0.25) is 14.4 Å². The van der Waals surface area contributed by atoms with Crippen molar-refractivity contribution < 1.29 is 19.5 Å². The van der Waals surface area contributed by atoms with Crippen molar-refractivity contribution >= 4 is 35.0 Å². The number of carbonyl (C=O) groups excluding carboxylic acids is 2. The molecule has 0 radical (unpaired) electrons. The number of hydrogen-bond acceptors (Lipinski definition) is 5. The molecule has 1 saturated carbocycles. The Morgan fingerprint density at radius 1 is 1.05 bits per heavy atom. The standard InChI is InChI=1S/C29H34ClN5O4/c1-28(2,3)21-14-22(17-6-8-20(30)9-7-17)32-35-15-23(31-24(21)35)26(37)34-11-10-33(16-29(34,4)5)25(36)18-12-19(13-18)27(38)39/h6-9,14-15,18-19H,10-13,16H2,1-5H3,(H,38,39)/t18-,19-. The number of aliphatic carboxylic acids is 1. The fraction of sp³-hybridized carbons (Fsp3) is 0.483. The highest BCUT2D eigenvalue weighted by atomic mass is 35.5. The smallest absolute Gasteiger partial charge is 0.306 e. The normalized spacial score (nSPS) is 21.1. The Morgan fingerprint density at radius 3 is 2.31 bits per heavy atom. The Hall–Kier alpha value is -3.46. The number of piperazine rings is 1. The lowest BCUT2D eigenvalue weighted by molar-refractivity contribution is -0.153. The molecule has 2 amide bonds. The third kappa shape index (κ3) is 5.12. The third-order valence-corrected chi connectivity index (χ3v) is 8.14. The van der Waals surface area contributed by atoms with Gasteiger partial charge in [-0.15, -0.1) is 0 Å². The summed E-state index contributed by atoms with van der Waals surface area (Å²) in [5, 5.41) is 14.6. The minimum atomic E-state index is -0.841. The molecule has 2 aliphatic rings. The van der Waals surface area contributed by atoms with Crippen LogP contribution in [0, 0.1) is 11.8 Å². The van der Waals surface area contributed by atoms with Gasteiger partial charge in [0.15, 0.2) is 5.65 Å². The summed E-state index contributed by atoms with van der Waals surface area (Å²) in [6.07, 6.45) is 2.45. The molecule has 2 aromatic heterocycles. The van der Waals surface area contributed by atoms with Crippen molar-refractivity contribution in [3.63, 3.8) is 0 Å². The molecule has 0 unspecified atom stereocenters. The summed E-state index contributed by atoms with van der Waals surface area (Å²) in [4.78, 5) is 46.2. The van der Waals surface area contributed by atoms with E-state index >= 15 is 0 Å². The molecule has 2 fully saturated rings. The number of fused-ring (bicyclic) bond motifs is 1. The first-order valence-corrected chi connectivity index (χ1v) is 13.6. The number of carboxylic acid groups (broad SMARTS) is 1. The summed E-state index contributed by atoms with van der Waals surface area (Å²) in [6.45, 7) is 11.3. The van der Waals surface area contributed by atoms with Crippen molar-refractivity contribution in [2.24, 2.45) is 11.8 Å². The average Bonchev–Trinajstić information content (AvgIpc) is 3.25. The van der Waals surface area contributed by atoms with Gasteiger partial charge in [0.2, 0.25) is 5.91 Å². The van der Waals surface area contributed by atoms with E-state index in [2.05, 4.69) is 20.8 Å². The molecule has 1 saturated heterocycles. The second-order valence-electron chi connectivity index (χ2n) is 12.3. The number of hydrogen-bond donors (Lipinski definition) is 1. The maximum Gasteiger partial charge on any atom is 0.306 e. The number of carboxylic acids is 1. The minimum Gasteiger partial charge on any atom is -0.481 e. The Labute approximate surface area is 232 Å². The van der Waals surface area contributed by atoms with Gasteiger partial charge in [0.05, 0.1) is 23.3 Å². The molecule has 206 valence electrons. The molecule has 9 nitrogen and oxygen atoms in total. The second-order valence-corrected chi connectivity index (χ2v) is 12.8. The molecule has 1 aromatic carbocycles. The maximum absolute atomic E-state index is 13.8. The number of benzene rings is 1. The molecule has 0 bridgehead atoms. The van der Waals surface area contributed by atoms with Crippen LogP contribution in [-0.2, 0) is 15.0 Å². The fourth-order valence-corrected chi connectivity index (χ4v) is 5.66. The molecule has 3 heterocycles. The third-order valence-electron chi connectivity index (χ3n) is 7.89.